The molecule has 0 bridgehead atoms. The molecule has 1 aromatic carbocycles. The number of nitrogen functional groups attached to an aromatic ring is 1. The minimum atomic E-state index is -4.42. The number of carbonyl (C=O) groups is 1. The van der Waals surface area contributed by atoms with Gasteiger partial charge >= 0.3 is 6.18 Å². The standard InChI is InChI=1S/C14H13F3N2OS/c1-6-4-9(6)19-13(20)12-11(18)8-5-7(14(15,16)17)2-3-10(8)21-12/h2-3,5-6,9H,4,18H2,1H3,(H,19,20). The molecule has 0 saturated heterocycles. The smallest absolute Gasteiger partial charge is 0.397 e. The Kier molecular flexibility index (Phi) is 3.12. The Morgan fingerprint density at radius 2 is 2.10 bits per heavy atom. The molecule has 2 aromatic rings. The summed E-state index contributed by atoms with van der Waals surface area (Å²) in [6.07, 6.45) is -3.50. The summed E-state index contributed by atoms with van der Waals surface area (Å²) >= 11 is 1.12. The van der Waals surface area contributed by atoms with E-state index < -0.39 is 11.7 Å². The van der Waals surface area contributed by atoms with Crippen molar-refractivity contribution >= 4 is 33.0 Å². The minimum absolute atomic E-state index is 0.118. The van der Waals surface area contributed by atoms with Gasteiger partial charge in [0.05, 0.1) is 11.3 Å². The number of anilines is 1. The number of nitrogens with one attached hydrogen (secondary N) is 1. The fraction of sp³-hybridized carbons (Fsp3) is 0.357. The molecule has 0 spiro atoms. The molecule has 21 heavy (non-hydrogen) atoms. The molecule has 2 unspecified atom stereocenters. The molecule has 7 heteroatoms. The van der Waals surface area contributed by atoms with Crippen LogP contribution in [0.2, 0.25) is 0 Å². The number of hydrogen-bond acceptors (Lipinski definition) is 3. The molecular weight excluding hydrogens is 301 g/mol. The lowest BCUT2D eigenvalue weighted by atomic mass is 10.1. The van der Waals surface area contributed by atoms with Crippen LogP contribution in [0.4, 0.5) is 18.9 Å². The van der Waals surface area contributed by atoms with Gasteiger partial charge in [0, 0.05) is 16.1 Å². The molecule has 1 fully saturated rings. The lowest BCUT2D eigenvalue weighted by Gasteiger charge is -2.06. The van der Waals surface area contributed by atoms with Gasteiger partial charge < -0.3 is 11.1 Å². The third-order valence-corrected chi connectivity index (χ3v) is 4.87. The summed E-state index contributed by atoms with van der Waals surface area (Å²) < 4.78 is 38.7. The quantitative estimate of drug-likeness (QED) is 0.889. The number of fused-ring (bicyclic) bond motifs is 1. The first-order valence-electron chi connectivity index (χ1n) is 6.47. The lowest BCUT2D eigenvalue weighted by molar-refractivity contribution is -0.137. The van der Waals surface area contributed by atoms with Crippen molar-refractivity contribution in [3.05, 3.63) is 28.6 Å². The first-order valence-corrected chi connectivity index (χ1v) is 7.29. The van der Waals surface area contributed by atoms with Crippen LogP contribution in [0.1, 0.15) is 28.6 Å². The predicted octanol–water partition coefficient (Wildman–Crippen LogP) is 3.64. The van der Waals surface area contributed by atoms with Crippen LogP contribution in [0.3, 0.4) is 0 Å². The monoisotopic (exact) mass is 314 g/mol. The van der Waals surface area contributed by atoms with Gasteiger partial charge in [0.1, 0.15) is 4.88 Å². The highest BCUT2D eigenvalue weighted by Gasteiger charge is 2.35. The van der Waals surface area contributed by atoms with Gasteiger partial charge in [-0.1, -0.05) is 6.92 Å². The molecule has 1 saturated carbocycles. The van der Waals surface area contributed by atoms with E-state index in [0.29, 0.717) is 10.6 Å². The lowest BCUT2D eigenvalue weighted by Crippen LogP contribution is -2.26. The molecule has 3 nitrogen and oxygen atoms in total. The third kappa shape index (κ3) is 2.57. The average Bonchev–Trinajstić information content (AvgIpc) is 2.97. The van der Waals surface area contributed by atoms with Crippen molar-refractivity contribution in [2.45, 2.75) is 25.6 Å². The number of rotatable bonds is 2. The van der Waals surface area contributed by atoms with Crippen LogP contribution >= 0.6 is 11.3 Å². The molecule has 2 atom stereocenters. The Bertz CT molecular complexity index is 723. The summed E-state index contributed by atoms with van der Waals surface area (Å²) in [7, 11) is 0. The summed E-state index contributed by atoms with van der Waals surface area (Å²) in [5.74, 6) is 0.137. The summed E-state index contributed by atoms with van der Waals surface area (Å²) in [6, 6.07) is 3.50. The first-order chi connectivity index (χ1) is 9.77. The number of benzene rings is 1. The number of alkyl halides is 3. The van der Waals surface area contributed by atoms with E-state index in [1.165, 1.54) is 6.07 Å². The van der Waals surface area contributed by atoms with Crippen LogP contribution in [-0.4, -0.2) is 11.9 Å². The zero-order valence-electron chi connectivity index (χ0n) is 11.1. The van der Waals surface area contributed by atoms with E-state index in [9.17, 15) is 18.0 Å². The van der Waals surface area contributed by atoms with E-state index in [1.807, 2.05) is 6.92 Å². The Labute approximate surface area is 122 Å². The Balaban J connectivity index is 1.97. The van der Waals surface area contributed by atoms with Crippen LogP contribution in [0.5, 0.6) is 0 Å². The van der Waals surface area contributed by atoms with Gasteiger partial charge in [0.15, 0.2) is 0 Å². The predicted molar refractivity (Wildman–Crippen MR) is 76.3 cm³/mol. The highest BCUT2D eigenvalue weighted by molar-refractivity contribution is 7.21. The van der Waals surface area contributed by atoms with Crippen LogP contribution in [0.25, 0.3) is 10.1 Å². The highest BCUT2D eigenvalue weighted by atomic mass is 32.1. The van der Waals surface area contributed by atoms with E-state index in [4.69, 9.17) is 5.73 Å². The zero-order chi connectivity index (χ0) is 15.4. The maximum Gasteiger partial charge on any atom is 0.416 e. The first kappa shape index (κ1) is 14.2. The fourth-order valence-corrected chi connectivity index (χ4v) is 3.23. The molecule has 1 heterocycles. The summed E-state index contributed by atoms with van der Waals surface area (Å²) in [4.78, 5) is 12.4. The molecule has 3 N–H and O–H groups in total. The number of carbonyl (C=O) groups excluding carboxylic acids is 1. The van der Waals surface area contributed by atoms with Gasteiger partial charge in [-0.15, -0.1) is 11.3 Å². The van der Waals surface area contributed by atoms with E-state index in [2.05, 4.69) is 5.32 Å². The molecule has 0 radical (unpaired) electrons. The minimum Gasteiger partial charge on any atom is -0.397 e. The maximum atomic E-state index is 12.7. The van der Waals surface area contributed by atoms with Crippen LogP contribution in [0, 0.1) is 5.92 Å². The van der Waals surface area contributed by atoms with E-state index in [-0.39, 0.29) is 27.9 Å². The molecule has 0 aliphatic heterocycles. The number of thiophene rings is 1. The van der Waals surface area contributed by atoms with E-state index in [1.54, 1.807) is 0 Å². The number of nitrogens with two attached hydrogens (primary N) is 1. The van der Waals surface area contributed by atoms with Crippen molar-refractivity contribution in [3.8, 4) is 0 Å². The summed E-state index contributed by atoms with van der Waals surface area (Å²) in [5, 5.41) is 3.12. The van der Waals surface area contributed by atoms with Gasteiger partial charge in [-0.3, -0.25) is 4.79 Å². The Morgan fingerprint density at radius 1 is 1.43 bits per heavy atom. The fourth-order valence-electron chi connectivity index (χ4n) is 2.22. The number of amides is 1. The zero-order valence-corrected chi connectivity index (χ0v) is 11.9. The van der Waals surface area contributed by atoms with Gasteiger partial charge in [0.2, 0.25) is 0 Å². The van der Waals surface area contributed by atoms with Crippen molar-refractivity contribution in [2.75, 3.05) is 5.73 Å². The normalized spacial score (nSPS) is 21.5. The largest absolute Gasteiger partial charge is 0.416 e. The number of hydrogen-bond donors (Lipinski definition) is 2. The SMILES string of the molecule is CC1CC1NC(=O)c1sc2ccc(C(F)(F)F)cc2c1N. The van der Waals surface area contributed by atoms with Crippen molar-refractivity contribution in [2.24, 2.45) is 5.92 Å². The summed E-state index contributed by atoms with van der Waals surface area (Å²) in [6.45, 7) is 2.02. The second-order valence-corrected chi connectivity index (χ2v) is 6.40. The topological polar surface area (TPSA) is 55.1 Å². The Morgan fingerprint density at radius 3 is 2.67 bits per heavy atom. The molecular formula is C14H13F3N2OS. The third-order valence-electron chi connectivity index (χ3n) is 3.69. The van der Waals surface area contributed by atoms with Crippen molar-refractivity contribution < 1.29 is 18.0 Å². The van der Waals surface area contributed by atoms with Gasteiger partial charge in [0.25, 0.3) is 5.91 Å². The number of halogens is 3. The Hall–Kier alpha value is -1.76. The second kappa shape index (κ2) is 4.62. The molecule has 1 aromatic heterocycles. The molecule has 1 aliphatic rings. The van der Waals surface area contributed by atoms with E-state index >= 15 is 0 Å². The maximum absolute atomic E-state index is 12.7. The second-order valence-electron chi connectivity index (χ2n) is 5.35. The van der Waals surface area contributed by atoms with Gasteiger partial charge in [-0.25, -0.2) is 0 Å². The highest BCUT2D eigenvalue weighted by Crippen LogP contribution is 2.39. The van der Waals surface area contributed by atoms with Crippen LogP contribution in [-0.2, 0) is 6.18 Å². The molecule has 1 amide bonds. The molecule has 3 rings (SSSR count). The van der Waals surface area contributed by atoms with E-state index in [0.717, 1.165) is 29.9 Å². The van der Waals surface area contributed by atoms with Crippen molar-refractivity contribution in [1.29, 1.82) is 0 Å². The van der Waals surface area contributed by atoms with Crippen LogP contribution in [0.15, 0.2) is 18.2 Å². The summed E-state index contributed by atoms with van der Waals surface area (Å²) in [5.41, 5.74) is 5.22. The van der Waals surface area contributed by atoms with Gasteiger partial charge in [-0.05, 0) is 30.5 Å². The van der Waals surface area contributed by atoms with Crippen molar-refractivity contribution in [1.82, 2.24) is 5.32 Å². The average molecular weight is 314 g/mol. The molecule has 1 aliphatic carbocycles. The van der Waals surface area contributed by atoms with Crippen LogP contribution < -0.4 is 11.1 Å². The van der Waals surface area contributed by atoms with Crippen molar-refractivity contribution in [3.63, 3.8) is 0 Å². The van der Waals surface area contributed by atoms with Gasteiger partial charge in [-0.2, -0.15) is 13.2 Å². The molecule has 112 valence electrons.